The first-order valence-corrected chi connectivity index (χ1v) is 13.5. The number of halogens is 1. The third-order valence-corrected chi connectivity index (χ3v) is 9.06. The van der Waals surface area contributed by atoms with Crippen LogP contribution in [0.4, 0.5) is 4.39 Å². The number of esters is 1. The van der Waals surface area contributed by atoms with Crippen molar-refractivity contribution in [2.75, 3.05) is 0 Å². The number of hydrogen-bond acceptors (Lipinski definition) is 2. The van der Waals surface area contributed by atoms with Crippen LogP contribution in [0.25, 0.3) is 0 Å². The molecule has 0 spiro atoms. The predicted octanol–water partition coefficient (Wildman–Crippen LogP) is 8.26. The van der Waals surface area contributed by atoms with Crippen LogP contribution in [0, 0.1) is 48.2 Å². The van der Waals surface area contributed by atoms with E-state index in [1.165, 1.54) is 76.7 Å². The van der Waals surface area contributed by atoms with Gasteiger partial charge in [-0.2, -0.15) is 0 Å². The van der Waals surface area contributed by atoms with Crippen LogP contribution in [0.5, 0.6) is 5.75 Å². The second-order valence-electron chi connectivity index (χ2n) is 11.2. The highest BCUT2D eigenvalue weighted by molar-refractivity contribution is 5.75. The van der Waals surface area contributed by atoms with Crippen LogP contribution in [0.2, 0.25) is 0 Å². The summed E-state index contributed by atoms with van der Waals surface area (Å²) in [5.41, 5.74) is 0.841. The third-order valence-electron chi connectivity index (χ3n) is 9.06. The fourth-order valence-corrected chi connectivity index (χ4v) is 7.22. The summed E-state index contributed by atoms with van der Waals surface area (Å²) in [4.78, 5) is 13.0. The van der Waals surface area contributed by atoms with Gasteiger partial charge in [0.25, 0.3) is 0 Å². The van der Waals surface area contributed by atoms with Crippen LogP contribution in [0.15, 0.2) is 18.2 Å². The summed E-state index contributed by atoms with van der Waals surface area (Å²) < 4.78 is 19.8. The largest absolute Gasteiger partial charge is 0.423 e. The maximum absolute atomic E-state index is 14.2. The monoisotopic (exact) mass is 442 g/mol. The molecule has 3 fully saturated rings. The summed E-state index contributed by atoms with van der Waals surface area (Å²) in [7, 11) is 0. The highest BCUT2D eigenvalue weighted by Gasteiger charge is 2.43. The van der Waals surface area contributed by atoms with E-state index in [1.807, 2.05) is 6.92 Å². The van der Waals surface area contributed by atoms with Crippen molar-refractivity contribution in [2.45, 2.75) is 104 Å². The van der Waals surface area contributed by atoms with Crippen molar-refractivity contribution in [2.24, 2.45) is 35.5 Å². The Labute approximate surface area is 194 Å². The Hall–Kier alpha value is -1.38. The summed E-state index contributed by atoms with van der Waals surface area (Å²) in [5.74, 6) is 3.25. The minimum Gasteiger partial charge on any atom is -0.423 e. The molecule has 4 rings (SSSR count). The van der Waals surface area contributed by atoms with Crippen LogP contribution >= 0.6 is 0 Å². The molecule has 32 heavy (non-hydrogen) atoms. The topological polar surface area (TPSA) is 26.3 Å². The van der Waals surface area contributed by atoms with Crippen molar-refractivity contribution in [1.29, 1.82) is 0 Å². The van der Waals surface area contributed by atoms with Gasteiger partial charge in [0, 0.05) is 0 Å². The lowest BCUT2D eigenvalue weighted by atomic mass is 9.59. The summed E-state index contributed by atoms with van der Waals surface area (Å²) in [6.45, 7) is 4.14. The molecule has 0 heterocycles. The van der Waals surface area contributed by atoms with Crippen LogP contribution in [0.1, 0.15) is 102 Å². The van der Waals surface area contributed by atoms with Gasteiger partial charge in [0.15, 0.2) is 11.6 Å². The molecule has 3 saturated carbocycles. The van der Waals surface area contributed by atoms with E-state index in [0.29, 0.717) is 11.8 Å². The molecule has 0 aliphatic heterocycles. The standard InChI is InChI=1S/C29H43FO2/c1-3-4-5-7-21-11-13-22(14-12-21)23-15-16-25-24(19-23)8-6-9-26(25)29(31)32-28-17-10-20(2)18-27(28)30/h10,17-18,21-26H,3-9,11-16,19H2,1-2H3. The fraction of sp³-hybridized carbons (Fsp3) is 0.759. The average molecular weight is 443 g/mol. The molecule has 0 radical (unpaired) electrons. The number of ether oxygens (including phenoxy) is 1. The highest BCUT2D eigenvalue weighted by Crippen LogP contribution is 2.50. The van der Waals surface area contributed by atoms with Crippen molar-refractivity contribution >= 4 is 5.97 Å². The van der Waals surface area contributed by atoms with Crippen molar-refractivity contribution in [3.63, 3.8) is 0 Å². The summed E-state index contributed by atoms with van der Waals surface area (Å²) in [6, 6.07) is 4.84. The van der Waals surface area contributed by atoms with Gasteiger partial charge >= 0.3 is 5.97 Å². The number of carbonyl (C=O) groups excluding carboxylic acids is 1. The van der Waals surface area contributed by atoms with E-state index in [-0.39, 0.29) is 17.6 Å². The van der Waals surface area contributed by atoms with Gasteiger partial charge in [-0.1, -0.05) is 64.4 Å². The second kappa shape index (κ2) is 11.2. The van der Waals surface area contributed by atoms with Gasteiger partial charge in [0.05, 0.1) is 5.92 Å². The van der Waals surface area contributed by atoms with Crippen LogP contribution < -0.4 is 4.74 Å². The van der Waals surface area contributed by atoms with Crippen LogP contribution in [-0.2, 0) is 4.79 Å². The molecule has 1 aromatic rings. The van der Waals surface area contributed by atoms with Gasteiger partial charge in [-0.25, -0.2) is 4.39 Å². The Morgan fingerprint density at radius 2 is 1.75 bits per heavy atom. The van der Waals surface area contributed by atoms with Gasteiger partial charge in [-0.05, 0) is 92.7 Å². The van der Waals surface area contributed by atoms with E-state index < -0.39 is 5.82 Å². The third kappa shape index (κ3) is 5.75. The Bertz CT molecular complexity index is 752. The molecule has 0 saturated heterocycles. The molecule has 3 aliphatic rings. The summed E-state index contributed by atoms with van der Waals surface area (Å²) >= 11 is 0. The van der Waals surface area contributed by atoms with E-state index in [9.17, 15) is 9.18 Å². The Balaban J connectivity index is 1.29. The van der Waals surface area contributed by atoms with E-state index in [0.717, 1.165) is 42.6 Å². The lowest BCUT2D eigenvalue weighted by Crippen LogP contribution is -2.40. The SMILES string of the molecule is CCCCCC1CCC(C2CCC3C(CCCC3C(=O)Oc3ccc(C)cc3F)C2)CC1. The van der Waals surface area contributed by atoms with E-state index in [1.54, 1.807) is 12.1 Å². The Morgan fingerprint density at radius 3 is 2.50 bits per heavy atom. The van der Waals surface area contributed by atoms with Crippen LogP contribution in [0.3, 0.4) is 0 Å². The molecule has 0 amide bonds. The molecule has 2 nitrogen and oxygen atoms in total. The molecule has 3 heteroatoms. The molecular formula is C29H43FO2. The summed E-state index contributed by atoms with van der Waals surface area (Å²) in [5, 5.41) is 0. The average Bonchev–Trinajstić information content (AvgIpc) is 2.80. The minimum absolute atomic E-state index is 0.0512. The van der Waals surface area contributed by atoms with Gasteiger partial charge in [-0.15, -0.1) is 0 Å². The van der Waals surface area contributed by atoms with Crippen LogP contribution in [-0.4, -0.2) is 5.97 Å². The van der Waals surface area contributed by atoms with Gasteiger partial charge in [0.2, 0.25) is 0 Å². The van der Waals surface area contributed by atoms with Crippen molar-refractivity contribution < 1.29 is 13.9 Å². The zero-order chi connectivity index (χ0) is 22.5. The Kier molecular flexibility index (Phi) is 8.29. The summed E-state index contributed by atoms with van der Waals surface area (Å²) in [6.07, 6.45) is 18.3. The van der Waals surface area contributed by atoms with E-state index in [4.69, 9.17) is 4.74 Å². The predicted molar refractivity (Wildman–Crippen MR) is 128 cm³/mol. The molecule has 0 aromatic heterocycles. The number of benzene rings is 1. The maximum atomic E-state index is 14.2. The number of unbranched alkanes of at least 4 members (excludes halogenated alkanes) is 2. The first-order chi connectivity index (χ1) is 15.5. The zero-order valence-corrected chi connectivity index (χ0v) is 20.3. The van der Waals surface area contributed by atoms with Gasteiger partial charge in [0.1, 0.15) is 0 Å². The molecule has 1 aromatic carbocycles. The molecule has 4 unspecified atom stereocenters. The van der Waals surface area contributed by atoms with E-state index >= 15 is 0 Å². The van der Waals surface area contributed by atoms with Crippen molar-refractivity contribution in [3.8, 4) is 5.75 Å². The lowest BCUT2D eigenvalue weighted by molar-refractivity contribution is -0.144. The molecule has 0 bridgehead atoms. The minimum atomic E-state index is -0.431. The normalized spacial score (nSPS) is 32.8. The lowest BCUT2D eigenvalue weighted by Gasteiger charge is -2.46. The maximum Gasteiger partial charge on any atom is 0.314 e. The highest BCUT2D eigenvalue weighted by atomic mass is 19.1. The number of aryl methyl sites for hydroxylation is 1. The first kappa shape index (κ1) is 23.8. The molecule has 178 valence electrons. The number of fused-ring (bicyclic) bond motifs is 1. The molecule has 4 atom stereocenters. The number of rotatable bonds is 7. The second-order valence-corrected chi connectivity index (χ2v) is 11.2. The fourth-order valence-electron chi connectivity index (χ4n) is 7.22. The Morgan fingerprint density at radius 1 is 0.969 bits per heavy atom. The molecule has 3 aliphatic carbocycles. The van der Waals surface area contributed by atoms with Gasteiger partial charge in [-0.3, -0.25) is 4.79 Å². The molecule has 0 N–H and O–H groups in total. The smallest absolute Gasteiger partial charge is 0.314 e. The number of carbonyl (C=O) groups is 1. The first-order valence-electron chi connectivity index (χ1n) is 13.5. The van der Waals surface area contributed by atoms with Gasteiger partial charge < -0.3 is 4.74 Å². The molecular weight excluding hydrogens is 399 g/mol. The van der Waals surface area contributed by atoms with Crippen molar-refractivity contribution in [1.82, 2.24) is 0 Å². The van der Waals surface area contributed by atoms with E-state index in [2.05, 4.69) is 6.92 Å². The number of hydrogen-bond donors (Lipinski definition) is 0. The zero-order valence-electron chi connectivity index (χ0n) is 20.3. The quantitative estimate of drug-likeness (QED) is 0.241. The van der Waals surface area contributed by atoms with Crippen molar-refractivity contribution in [3.05, 3.63) is 29.6 Å².